The summed E-state index contributed by atoms with van der Waals surface area (Å²) in [6.45, 7) is -0.0146. The molecular weight excluding hydrogens is 268 g/mol. The Morgan fingerprint density at radius 3 is 2.71 bits per heavy atom. The molecule has 0 atom stereocenters. The molecular formula is C16H16N2O3. The smallest absolute Gasteiger partial charge is 0.251 e. The zero-order chi connectivity index (χ0) is 15.0. The van der Waals surface area contributed by atoms with Crippen LogP contribution in [0.3, 0.4) is 0 Å². The summed E-state index contributed by atoms with van der Waals surface area (Å²) in [4.78, 5) is 36.3. The third-order valence-electron chi connectivity index (χ3n) is 3.87. The van der Waals surface area contributed by atoms with Gasteiger partial charge in [-0.2, -0.15) is 0 Å². The Bertz CT molecular complexity index is 783. The van der Waals surface area contributed by atoms with E-state index in [0.29, 0.717) is 29.7 Å². The number of aromatic nitrogens is 2. The van der Waals surface area contributed by atoms with E-state index in [1.54, 1.807) is 29.1 Å². The zero-order valence-electron chi connectivity index (χ0n) is 11.8. The molecule has 0 aromatic carbocycles. The van der Waals surface area contributed by atoms with Gasteiger partial charge in [0.25, 0.3) is 5.56 Å². The van der Waals surface area contributed by atoms with Gasteiger partial charge in [0.15, 0.2) is 11.6 Å². The molecule has 1 aliphatic rings. The number of nitrogens with zero attached hydrogens (tertiary/aromatic N) is 2. The molecule has 0 saturated heterocycles. The number of aryl methyl sites for hydroxylation is 1. The summed E-state index contributed by atoms with van der Waals surface area (Å²) >= 11 is 0. The zero-order valence-corrected chi connectivity index (χ0v) is 11.8. The van der Waals surface area contributed by atoms with Crippen molar-refractivity contribution in [3.8, 4) is 0 Å². The molecule has 2 aromatic heterocycles. The van der Waals surface area contributed by atoms with Crippen molar-refractivity contribution in [1.29, 1.82) is 0 Å². The van der Waals surface area contributed by atoms with Crippen LogP contribution >= 0.6 is 0 Å². The van der Waals surface area contributed by atoms with Gasteiger partial charge in [-0.15, -0.1) is 0 Å². The molecule has 0 fully saturated rings. The first-order valence-corrected chi connectivity index (χ1v) is 6.97. The van der Waals surface area contributed by atoms with Crippen LogP contribution < -0.4 is 5.56 Å². The van der Waals surface area contributed by atoms with Crippen LogP contribution in [0.1, 0.15) is 39.3 Å². The molecule has 0 aliphatic heterocycles. The van der Waals surface area contributed by atoms with E-state index in [1.807, 2.05) is 7.05 Å². The van der Waals surface area contributed by atoms with E-state index in [0.717, 1.165) is 6.42 Å². The largest absolute Gasteiger partial charge is 0.357 e. The number of hydrogen-bond acceptors (Lipinski definition) is 3. The minimum absolute atomic E-state index is 0.0146. The van der Waals surface area contributed by atoms with Gasteiger partial charge in [0.2, 0.25) is 0 Å². The minimum atomic E-state index is -0.229. The average molecular weight is 284 g/mol. The minimum Gasteiger partial charge on any atom is -0.357 e. The van der Waals surface area contributed by atoms with Gasteiger partial charge in [-0.05, 0) is 25.0 Å². The monoisotopic (exact) mass is 284 g/mol. The van der Waals surface area contributed by atoms with E-state index in [1.165, 1.54) is 10.6 Å². The Labute approximate surface area is 121 Å². The van der Waals surface area contributed by atoms with Crippen molar-refractivity contribution in [1.82, 2.24) is 9.13 Å². The lowest BCUT2D eigenvalue weighted by molar-refractivity contribution is 0.0950. The van der Waals surface area contributed by atoms with Crippen LogP contribution in [0.2, 0.25) is 0 Å². The van der Waals surface area contributed by atoms with Crippen LogP contribution in [0.25, 0.3) is 0 Å². The van der Waals surface area contributed by atoms with Crippen LogP contribution in [0.5, 0.6) is 0 Å². The van der Waals surface area contributed by atoms with Gasteiger partial charge in [-0.1, -0.05) is 0 Å². The second-order valence-corrected chi connectivity index (χ2v) is 5.38. The molecule has 0 bridgehead atoms. The quantitative estimate of drug-likeness (QED) is 0.804. The van der Waals surface area contributed by atoms with E-state index in [9.17, 15) is 14.4 Å². The first-order chi connectivity index (χ1) is 10.1. The number of rotatable bonds is 3. The predicted octanol–water partition coefficient (Wildman–Crippen LogP) is 1.59. The van der Waals surface area contributed by atoms with E-state index in [4.69, 9.17) is 0 Å². The molecule has 2 heterocycles. The first-order valence-electron chi connectivity index (χ1n) is 6.97. The highest BCUT2D eigenvalue weighted by molar-refractivity contribution is 5.98. The van der Waals surface area contributed by atoms with Gasteiger partial charge in [-0.3, -0.25) is 14.4 Å². The highest BCUT2D eigenvalue weighted by Crippen LogP contribution is 2.20. The molecule has 0 unspecified atom stereocenters. The van der Waals surface area contributed by atoms with Crippen molar-refractivity contribution >= 4 is 11.6 Å². The second kappa shape index (κ2) is 5.16. The van der Waals surface area contributed by atoms with Crippen molar-refractivity contribution in [3.05, 3.63) is 57.8 Å². The summed E-state index contributed by atoms with van der Waals surface area (Å²) in [5.74, 6) is -0.0683. The van der Waals surface area contributed by atoms with E-state index >= 15 is 0 Å². The van der Waals surface area contributed by atoms with Crippen molar-refractivity contribution in [2.45, 2.75) is 25.8 Å². The summed E-state index contributed by atoms with van der Waals surface area (Å²) in [7, 11) is 1.84. The summed E-state index contributed by atoms with van der Waals surface area (Å²) < 4.78 is 3.24. The lowest BCUT2D eigenvalue weighted by atomic mass is 9.94. The van der Waals surface area contributed by atoms with Crippen molar-refractivity contribution in [2.24, 2.45) is 7.05 Å². The number of carbonyl (C=O) groups is 2. The molecule has 21 heavy (non-hydrogen) atoms. The third kappa shape index (κ3) is 2.46. The maximum Gasteiger partial charge on any atom is 0.251 e. The van der Waals surface area contributed by atoms with Gasteiger partial charge < -0.3 is 9.13 Å². The van der Waals surface area contributed by atoms with Crippen molar-refractivity contribution in [2.75, 3.05) is 0 Å². The second-order valence-electron chi connectivity index (χ2n) is 5.38. The average Bonchev–Trinajstić information content (AvgIpc) is 2.89. The maximum atomic E-state index is 12.3. The first kappa shape index (κ1) is 13.5. The van der Waals surface area contributed by atoms with E-state index in [2.05, 4.69) is 0 Å². The fourth-order valence-corrected chi connectivity index (χ4v) is 2.77. The van der Waals surface area contributed by atoms with Gasteiger partial charge in [0.05, 0.1) is 6.54 Å². The molecule has 5 heteroatoms. The molecule has 0 N–H and O–H groups in total. The lowest BCUT2D eigenvalue weighted by Gasteiger charge is -2.19. The molecule has 0 saturated carbocycles. The highest BCUT2D eigenvalue weighted by atomic mass is 16.1. The maximum absolute atomic E-state index is 12.3. The Hall–Kier alpha value is -2.43. The van der Waals surface area contributed by atoms with Gasteiger partial charge >= 0.3 is 0 Å². The number of pyridine rings is 1. The van der Waals surface area contributed by atoms with Crippen molar-refractivity contribution in [3.63, 3.8) is 0 Å². The number of Topliss-reactive ketones (excluding diaryl/α,β-unsaturated/α-hetero) is 2. The SMILES string of the molecule is Cn1ccc(C(=O)Cn2c3c(ccc2=O)C(=O)CCC3)c1. The summed E-state index contributed by atoms with van der Waals surface area (Å²) in [5, 5.41) is 0. The standard InChI is InChI=1S/C16H16N2O3/c1-17-8-7-11(9-17)15(20)10-18-13-3-2-4-14(19)12(13)5-6-16(18)21/h5-9H,2-4,10H2,1H3. The van der Waals surface area contributed by atoms with Crippen LogP contribution in [-0.4, -0.2) is 20.7 Å². The van der Waals surface area contributed by atoms with Crippen LogP contribution in [0.4, 0.5) is 0 Å². The van der Waals surface area contributed by atoms with Gasteiger partial charge in [0.1, 0.15) is 0 Å². The topological polar surface area (TPSA) is 61.1 Å². The predicted molar refractivity (Wildman–Crippen MR) is 77.7 cm³/mol. The number of fused-ring (bicyclic) bond motifs is 1. The Kier molecular flexibility index (Phi) is 3.33. The Morgan fingerprint density at radius 1 is 1.19 bits per heavy atom. The molecule has 0 spiro atoms. The van der Waals surface area contributed by atoms with Crippen LogP contribution in [-0.2, 0) is 20.0 Å². The molecule has 1 aliphatic carbocycles. The highest BCUT2D eigenvalue weighted by Gasteiger charge is 2.22. The lowest BCUT2D eigenvalue weighted by Crippen LogP contribution is -2.30. The Balaban J connectivity index is 1.99. The Morgan fingerprint density at radius 2 is 2.00 bits per heavy atom. The fraction of sp³-hybridized carbons (Fsp3) is 0.312. The molecule has 108 valence electrons. The molecule has 2 aromatic rings. The third-order valence-corrected chi connectivity index (χ3v) is 3.87. The van der Waals surface area contributed by atoms with Crippen LogP contribution in [0.15, 0.2) is 35.4 Å². The number of carbonyl (C=O) groups excluding carboxylic acids is 2. The molecule has 3 rings (SSSR count). The summed E-state index contributed by atoms with van der Waals surface area (Å²) in [6.07, 6.45) is 5.43. The summed E-state index contributed by atoms with van der Waals surface area (Å²) in [5.41, 5.74) is 1.63. The van der Waals surface area contributed by atoms with Gasteiger partial charge in [-0.25, -0.2) is 0 Å². The number of hydrogen-bond donors (Lipinski definition) is 0. The van der Waals surface area contributed by atoms with E-state index < -0.39 is 0 Å². The molecule has 0 radical (unpaired) electrons. The fourth-order valence-electron chi connectivity index (χ4n) is 2.77. The van der Waals surface area contributed by atoms with Gasteiger partial charge in [0, 0.05) is 48.7 Å². The summed E-state index contributed by atoms with van der Waals surface area (Å²) in [6, 6.07) is 4.69. The number of ketones is 2. The normalized spacial score (nSPS) is 14.0. The molecule has 0 amide bonds. The van der Waals surface area contributed by atoms with Crippen molar-refractivity contribution < 1.29 is 9.59 Å². The van der Waals surface area contributed by atoms with Crippen LogP contribution in [0, 0.1) is 0 Å². The van der Waals surface area contributed by atoms with E-state index in [-0.39, 0.29) is 23.7 Å². The molecule has 5 nitrogen and oxygen atoms in total.